The van der Waals surface area contributed by atoms with E-state index < -0.39 is 0 Å². The third-order valence-electron chi connectivity index (χ3n) is 3.52. The highest BCUT2D eigenvalue weighted by Gasteiger charge is 2.17. The van der Waals surface area contributed by atoms with E-state index in [1.165, 1.54) is 16.9 Å². The first-order valence-electron chi connectivity index (χ1n) is 7.11. The number of aryl methyl sites for hydroxylation is 1. The summed E-state index contributed by atoms with van der Waals surface area (Å²) in [6.45, 7) is 2.06. The molecule has 0 aliphatic carbocycles. The fraction of sp³-hybridized carbons (Fsp3) is 0.111. The van der Waals surface area contributed by atoms with Crippen LogP contribution in [0, 0.1) is 6.92 Å². The zero-order chi connectivity index (χ0) is 16.4. The van der Waals surface area contributed by atoms with Crippen molar-refractivity contribution in [2.75, 3.05) is 11.9 Å². The van der Waals surface area contributed by atoms with Crippen molar-refractivity contribution in [1.29, 1.82) is 0 Å². The van der Waals surface area contributed by atoms with Gasteiger partial charge in [0.25, 0.3) is 5.91 Å². The number of carbonyl (C=O) groups excluding carboxylic acids is 1. The van der Waals surface area contributed by atoms with Gasteiger partial charge in [-0.25, -0.2) is 4.98 Å². The Hall–Kier alpha value is -1.98. The van der Waals surface area contributed by atoms with Gasteiger partial charge in [0.1, 0.15) is 0 Å². The molecule has 3 aromatic rings. The number of nitrogens with zero attached hydrogens (tertiary/aromatic N) is 2. The molecule has 0 unspecified atom stereocenters. The molecule has 0 atom stereocenters. The van der Waals surface area contributed by atoms with Crippen molar-refractivity contribution < 1.29 is 4.79 Å². The second kappa shape index (κ2) is 6.64. The molecule has 3 rings (SSSR count). The van der Waals surface area contributed by atoms with Crippen LogP contribution < -0.4 is 4.90 Å². The molecule has 0 saturated carbocycles. The van der Waals surface area contributed by atoms with Crippen LogP contribution in [0.15, 0.2) is 58.4 Å². The predicted molar refractivity (Wildman–Crippen MR) is 99.2 cm³/mol. The van der Waals surface area contributed by atoms with Crippen molar-refractivity contribution in [3.8, 4) is 11.3 Å². The molecule has 1 amide bonds. The normalized spacial score (nSPS) is 10.6. The number of aromatic nitrogens is 1. The molecule has 116 valence electrons. The van der Waals surface area contributed by atoms with Crippen molar-refractivity contribution in [3.05, 3.63) is 69.5 Å². The van der Waals surface area contributed by atoms with Gasteiger partial charge < -0.3 is 0 Å². The zero-order valence-corrected chi connectivity index (χ0v) is 15.2. The SMILES string of the molecule is Cc1ccc(-c2csc(N(C)C(=O)c3ccc(Br)cc3)n2)cc1. The Labute approximate surface area is 147 Å². The quantitative estimate of drug-likeness (QED) is 0.622. The minimum absolute atomic E-state index is 0.0673. The van der Waals surface area contributed by atoms with Crippen LogP contribution in [0.2, 0.25) is 0 Å². The summed E-state index contributed by atoms with van der Waals surface area (Å²) < 4.78 is 0.951. The summed E-state index contributed by atoms with van der Waals surface area (Å²) in [5.41, 5.74) is 3.80. The first kappa shape index (κ1) is 15.9. The summed E-state index contributed by atoms with van der Waals surface area (Å²) in [4.78, 5) is 18.7. The molecule has 0 aliphatic heterocycles. The zero-order valence-electron chi connectivity index (χ0n) is 12.8. The van der Waals surface area contributed by atoms with Crippen LogP contribution in [0.4, 0.5) is 5.13 Å². The van der Waals surface area contributed by atoms with Gasteiger partial charge in [-0.1, -0.05) is 45.8 Å². The molecule has 5 heteroatoms. The Bertz CT molecular complexity index is 825. The van der Waals surface area contributed by atoms with Gasteiger partial charge in [-0.2, -0.15) is 0 Å². The first-order chi connectivity index (χ1) is 11.0. The third-order valence-corrected chi connectivity index (χ3v) is 4.97. The highest BCUT2D eigenvalue weighted by atomic mass is 79.9. The fourth-order valence-electron chi connectivity index (χ4n) is 2.15. The summed E-state index contributed by atoms with van der Waals surface area (Å²) in [5, 5.41) is 2.67. The molecule has 2 aromatic carbocycles. The van der Waals surface area contributed by atoms with Gasteiger partial charge in [0.05, 0.1) is 5.69 Å². The smallest absolute Gasteiger partial charge is 0.259 e. The summed E-state index contributed by atoms with van der Waals surface area (Å²) in [6, 6.07) is 15.5. The van der Waals surface area contributed by atoms with E-state index in [4.69, 9.17) is 0 Å². The van der Waals surface area contributed by atoms with E-state index in [1.807, 2.05) is 29.6 Å². The molecule has 0 radical (unpaired) electrons. The Morgan fingerprint density at radius 3 is 2.39 bits per heavy atom. The molecule has 0 saturated heterocycles. The molecule has 0 fully saturated rings. The molecule has 23 heavy (non-hydrogen) atoms. The molecule has 1 heterocycles. The van der Waals surface area contributed by atoms with Gasteiger partial charge in [-0.15, -0.1) is 11.3 Å². The second-order valence-corrected chi connectivity index (χ2v) is 7.00. The van der Waals surface area contributed by atoms with Crippen molar-refractivity contribution >= 4 is 38.3 Å². The summed E-state index contributed by atoms with van der Waals surface area (Å²) in [7, 11) is 1.75. The molecular weight excluding hydrogens is 372 g/mol. The Kier molecular flexibility index (Phi) is 4.59. The molecule has 0 aliphatic rings. The van der Waals surface area contributed by atoms with Gasteiger partial charge in [0, 0.05) is 28.0 Å². The highest BCUT2D eigenvalue weighted by Crippen LogP contribution is 2.28. The first-order valence-corrected chi connectivity index (χ1v) is 8.78. The Morgan fingerprint density at radius 2 is 1.74 bits per heavy atom. The molecule has 0 spiro atoms. The molecular formula is C18H15BrN2OS. The van der Waals surface area contributed by atoms with Crippen molar-refractivity contribution in [1.82, 2.24) is 4.98 Å². The molecule has 0 bridgehead atoms. The predicted octanol–water partition coefficient (Wildman–Crippen LogP) is 5.16. The lowest BCUT2D eigenvalue weighted by Gasteiger charge is -2.13. The Morgan fingerprint density at radius 1 is 1.09 bits per heavy atom. The van der Waals surface area contributed by atoms with Crippen LogP contribution in [0.25, 0.3) is 11.3 Å². The lowest BCUT2D eigenvalue weighted by atomic mass is 10.1. The summed E-state index contributed by atoms with van der Waals surface area (Å²) >= 11 is 4.84. The maximum Gasteiger partial charge on any atom is 0.259 e. The van der Waals surface area contributed by atoms with Crippen LogP contribution in [0.3, 0.4) is 0 Å². The van der Waals surface area contributed by atoms with E-state index in [0.717, 1.165) is 15.7 Å². The van der Waals surface area contributed by atoms with Crippen molar-refractivity contribution in [3.63, 3.8) is 0 Å². The van der Waals surface area contributed by atoms with Crippen molar-refractivity contribution in [2.45, 2.75) is 6.92 Å². The van der Waals surface area contributed by atoms with Crippen LogP contribution in [-0.4, -0.2) is 17.9 Å². The fourth-order valence-corrected chi connectivity index (χ4v) is 3.21. The maximum absolute atomic E-state index is 12.5. The lowest BCUT2D eigenvalue weighted by molar-refractivity contribution is 0.0993. The van der Waals surface area contributed by atoms with E-state index in [9.17, 15) is 4.79 Å². The standard InChI is InChI=1S/C18H15BrN2OS/c1-12-3-5-13(6-4-12)16-11-23-18(20-16)21(2)17(22)14-7-9-15(19)10-8-14/h3-11H,1-2H3. The number of halogens is 1. The number of thiazole rings is 1. The molecule has 1 aromatic heterocycles. The average molecular weight is 387 g/mol. The van der Waals surface area contributed by atoms with Crippen LogP contribution in [0.1, 0.15) is 15.9 Å². The number of benzene rings is 2. The minimum atomic E-state index is -0.0673. The van der Waals surface area contributed by atoms with E-state index in [1.54, 1.807) is 24.1 Å². The summed E-state index contributed by atoms with van der Waals surface area (Å²) in [5.74, 6) is -0.0673. The number of hydrogen-bond acceptors (Lipinski definition) is 3. The monoisotopic (exact) mass is 386 g/mol. The molecule has 3 nitrogen and oxygen atoms in total. The van der Waals surface area contributed by atoms with Crippen LogP contribution >= 0.6 is 27.3 Å². The average Bonchev–Trinajstić information content (AvgIpc) is 3.05. The third kappa shape index (κ3) is 3.51. The Balaban J connectivity index is 1.83. The second-order valence-electron chi connectivity index (χ2n) is 5.25. The van der Waals surface area contributed by atoms with E-state index in [-0.39, 0.29) is 5.91 Å². The summed E-state index contributed by atoms with van der Waals surface area (Å²) in [6.07, 6.45) is 0. The highest BCUT2D eigenvalue weighted by molar-refractivity contribution is 9.10. The van der Waals surface area contributed by atoms with Crippen LogP contribution in [0.5, 0.6) is 0 Å². The van der Waals surface area contributed by atoms with Gasteiger partial charge >= 0.3 is 0 Å². The number of hydrogen-bond donors (Lipinski definition) is 0. The van der Waals surface area contributed by atoms with E-state index in [2.05, 4.69) is 40.0 Å². The maximum atomic E-state index is 12.5. The number of amides is 1. The van der Waals surface area contributed by atoms with Gasteiger partial charge in [0.2, 0.25) is 0 Å². The van der Waals surface area contributed by atoms with Gasteiger partial charge in [-0.3, -0.25) is 9.69 Å². The molecule has 0 N–H and O–H groups in total. The minimum Gasteiger partial charge on any atom is -0.287 e. The van der Waals surface area contributed by atoms with E-state index in [0.29, 0.717) is 10.7 Å². The number of anilines is 1. The number of rotatable bonds is 3. The van der Waals surface area contributed by atoms with Crippen LogP contribution in [-0.2, 0) is 0 Å². The topological polar surface area (TPSA) is 33.2 Å². The number of carbonyl (C=O) groups is 1. The van der Waals surface area contributed by atoms with Gasteiger partial charge in [0.15, 0.2) is 5.13 Å². The lowest BCUT2D eigenvalue weighted by Crippen LogP contribution is -2.25. The van der Waals surface area contributed by atoms with Crippen molar-refractivity contribution in [2.24, 2.45) is 0 Å². The largest absolute Gasteiger partial charge is 0.287 e. The van der Waals surface area contributed by atoms with Gasteiger partial charge in [-0.05, 0) is 31.2 Å². The van der Waals surface area contributed by atoms with E-state index >= 15 is 0 Å².